The first-order valence-electron chi connectivity index (χ1n) is 6.52. The van der Waals surface area contributed by atoms with Crippen LogP contribution in [0.4, 0.5) is 0 Å². The number of halogens is 2. The van der Waals surface area contributed by atoms with Crippen LogP contribution < -0.4 is 0 Å². The summed E-state index contributed by atoms with van der Waals surface area (Å²) in [6.45, 7) is 3.26. The molecule has 3 rings (SSSR count). The number of pyridine rings is 2. The summed E-state index contributed by atoms with van der Waals surface area (Å²) in [5, 5.41) is 10.6. The maximum atomic E-state index is 9.88. The third kappa shape index (κ3) is 2.75. The maximum absolute atomic E-state index is 9.88. The second-order valence-corrected chi connectivity index (χ2v) is 6.12. The fourth-order valence-electron chi connectivity index (χ4n) is 1.95. The first kappa shape index (κ1) is 15.1. The van der Waals surface area contributed by atoms with Gasteiger partial charge in [-0.1, -0.05) is 23.2 Å². The van der Waals surface area contributed by atoms with Crippen LogP contribution in [0.15, 0.2) is 30.7 Å². The fraction of sp³-hybridized carbons (Fsp3) is 0.200. The average molecular weight is 335 g/mol. The molecule has 22 heavy (non-hydrogen) atoms. The predicted octanol–water partition coefficient (Wildman–Crippen LogP) is 3.62. The zero-order valence-corrected chi connectivity index (χ0v) is 13.4. The van der Waals surface area contributed by atoms with Gasteiger partial charge in [0, 0.05) is 24.2 Å². The molecule has 112 valence electrons. The molecule has 0 aliphatic heterocycles. The van der Waals surface area contributed by atoms with Crippen molar-refractivity contribution in [1.29, 1.82) is 0 Å². The summed E-state index contributed by atoms with van der Waals surface area (Å²) in [6, 6.07) is 3.62. The predicted molar refractivity (Wildman–Crippen MR) is 85.8 cm³/mol. The lowest BCUT2D eigenvalue weighted by Crippen LogP contribution is -2.19. The SMILES string of the molecule is CC(C)(O)c1ncc(-c2ccc3ncc(Cl)c(Cl)c3n2)cn1. The van der Waals surface area contributed by atoms with E-state index < -0.39 is 5.60 Å². The van der Waals surface area contributed by atoms with Gasteiger partial charge < -0.3 is 5.11 Å². The van der Waals surface area contributed by atoms with Gasteiger partial charge in [0.15, 0.2) is 5.82 Å². The van der Waals surface area contributed by atoms with Crippen molar-refractivity contribution in [1.82, 2.24) is 19.9 Å². The van der Waals surface area contributed by atoms with E-state index in [0.29, 0.717) is 38.2 Å². The summed E-state index contributed by atoms with van der Waals surface area (Å²) in [5.41, 5.74) is 1.47. The molecule has 0 unspecified atom stereocenters. The Labute approximate surface area is 137 Å². The molecule has 3 aromatic heterocycles. The molecule has 0 bridgehead atoms. The number of hydrogen-bond acceptors (Lipinski definition) is 5. The quantitative estimate of drug-likeness (QED) is 0.774. The third-order valence-corrected chi connectivity index (χ3v) is 3.87. The molecule has 0 aliphatic carbocycles. The van der Waals surface area contributed by atoms with Crippen molar-refractivity contribution in [2.24, 2.45) is 0 Å². The van der Waals surface area contributed by atoms with Crippen molar-refractivity contribution in [2.45, 2.75) is 19.4 Å². The van der Waals surface area contributed by atoms with Crippen LogP contribution in [-0.2, 0) is 5.60 Å². The van der Waals surface area contributed by atoms with Gasteiger partial charge in [0.1, 0.15) is 11.1 Å². The molecule has 0 saturated carbocycles. The molecule has 0 fully saturated rings. The first-order chi connectivity index (χ1) is 10.4. The van der Waals surface area contributed by atoms with E-state index >= 15 is 0 Å². The number of aliphatic hydroxyl groups is 1. The van der Waals surface area contributed by atoms with E-state index in [2.05, 4.69) is 19.9 Å². The van der Waals surface area contributed by atoms with E-state index in [1.165, 1.54) is 6.20 Å². The Hall–Kier alpha value is -1.82. The second-order valence-electron chi connectivity index (χ2n) is 5.34. The molecule has 0 atom stereocenters. The molecular formula is C15H12Cl2N4O. The Morgan fingerprint density at radius 2 is 1.68 bits per heavy atom. The summed E-state index contributed by atoms with van der Waals surface area (Å²) in [5.74, 6) is 0.347. The van der Waals surface area contributed by atoms with E-state index in [4.69, 9.17) is 23.2 Å². The highest BCUT2D eigenvalue weighted by atomic mass is 35.5. The Bertz CT molecular complexity index is 845. The molecule has 0 saturated heterocycles. The molecule has 0 aliphatic rings. The topological polar surface area (TPSA) is 71.8 Å². The third-order valence-electron chi connectivity index (χ3n) is 3.10. The van der Waals surface area contributed by atoms with Gasteiger partial charge in [0.2, 0.25) is 0 Å². The number of hydrogen-bond donors (Lipinski definition) is 1. The van der Waals surface area contributed by atoms with Crippen LogP contribution in [0.2, 0.25) is 10.0 Å². The van der Waals surface area contributed by atoms with Crippen LogP contribution in [-0.4, -0.2) is 25.0 Å². The van der Waals surface area contributed by atoms with Crippen molar-refractivity contribution in [3.63, 3.8) is 0 Å². The highest BCUT2D eigenvalue weighted by molar-refractivity contribution is 6.44. The number of nitrogens with zero attached hydrogens (tertiary/aromatic N) is 4. The van der Waals surface area contributed by atoms with Gasteiger partial charge in [-0.05, 0) is 26.0 Å². The Kier molecular flexibility index (Phi) is 3.72. The van der Waals surface area contributed by atoms with Gasteiger partial charge in [0.05, 0.1) is 21.3 Å². The van der Waals surface area contributed by atoms with Gasteiger partial charge in [-0.2, -0.15) is 0 Å². The molecule has 0 spiro atoms. The molecule has 3 aromatic rings. The Morgan fingerprint density at radius 3 is 2.32 bits per heavy atom. The van der Waals surface area contributed by atoms with Crippen LogP contribution in [0.3, 0.4) is 0 Å². The minimum atomic E-state index is -1.09. The lowest BCUT2D eigenvalue weighted by Gasteiger charge is -2.14. The zero-order chi connectivity index (χ0) is 15.9. The summed E-state index contributed by atoms with van der Waals surface area (Å²) < 4.78 is 0. The lowest BCUT2D eigenvalue weighted by atomic mass is 10.1. The van der Waals surface area contributed by atoms with Crippen LogP contribution in [0, 0.1) is 0 Å². The van der Waals surface area contributed by atoms with Gasteiger partial charge >= 0.3 is 0 Å². The monoisotopic (exact) mass is 334 g/mol. The molecule has 0 radical (unpaired) electrons. The van der Waals surface area contributed by atoms with E-state index in [1.54, 1.807) is 26.2 Å². The van der Waals surface area contributed by atoms with Gasteiger partial charge in [-0.15, -0.1) is 0 Å². The normalized spacial score (nSPS) is 11.9. The highest BCUT2D eigenvalue weighted by Gasteiger charge is 2.19. The smallest absolute Gasteiger partial charge is 0.159 e. The van der Waals surface area contributed by atoms with Gasteiger partial charge in [-0.3, -0.25) is 4.98 Å². The van der Waals surface area contributed by atoms with Crippen molar-refractivity contribution in [3.05, 3.63) is 46.6 Å². The maximum Gasteiger partial charge on any atom is 0.159 e. The molecule has 1 N–H and O–H groups in total. The van der Waals surface area contributed by atoms with E-state index in [-0.39, 0.29) is 0 Å². The molecule has 0 aromatic carbocycles. The highest BCUT2D eigenvalue weighted by Crippen LogP contribution is 2.29. The van der Waals surface area contributed by atoms with Crippen LogP contribution in [0.5, 0.6) is 0 Å². The van der Waals surface area contributed by atoms with E-state index in [1.807, 2.05) is 12.1 Å². The average Bonchev–Trinajstić information content (AvgIpc) is 2.50. The lowest BCUT2D eigenvalue weighted by molar-refractivity contribution is 0.0687. The van der Waals surface area contributed by atoms with Crippen LogP contribution in [0.1, 0.15) is 19.7 Å². The molecule has 0 amide bonds. The molecule has 5 nitrogen and oxygen atoms in total. The summed E-state index contributed by atoms with van der Waals surface area (Å²) in [7, 11) is 0. The Balaban J connectivity index is 2.08. The fourth-order valence-corrected chi connectivity index (χ4v) is 2.28. The second kappa shape index (κ2) is 5.43. The summed E-state index contributed by atoms with van der Waals surface area (Å²) in [6.07, 6.45) is 4.72. The Morgan fingerprint density at radius 1 is 1.00 bits per heavy atom. The number of fused-ring (bicyclic) bond motifs is 1. The first-order valence-corrected chi connectivity index (χ1v) is 7.28. The summed E-state index contributed by atoms with van der Waals surface area (Å²) in [4.78, 5) is 17.0. The number of aromatic nitrogens is 4. The minimum Gasteiger partial charge on any atom is -0.382 e. The number of rotatable bonds is 2. The minimum absolute atomic E-state index is 0.347. The van der Waals surface area contributed by atoms with Crippen LogP contribution in [0.25, 0.3) is 22.3 Å². The molecule has 7 heteroatoms. The van der Waals surface area contributed by atoms with Crippen molar-refractivity contribution in [2.75, 3.05) is 0 Å². The van der Waals surface area contributed by atoms with Crippen molar-refractivity contribution in [3.8, 4) is 11.3 Å². The van der Waals surface area contributed by atoms with E-state index in [9.17, 15) is 5.11 Å². The standard InChI is InChI=1S/C15H12Cl2N4O/c1-15(2,22)14-19-5-8(6-20-14)10-3-4-11-13(21-10)12(17)9(16)7-18-11/h3-7,22H,1-2H3. The van der Waals surface area contributed by atoms with Crippen molar-refractivity contribution < 1.29 is 5.11 Å². The van der Waals surface area contributed by atoms with Gasteiger partial charge in [0.25, 0.3) is 0 Å². The zero-order valence-electron chi connectivity index (χ0n) is 11.9. The van der Waals surface area contributed by atoms with Gasteiger partial charge in [-0.25, -0.2) is 15.0 Å². The molecule has 3 heterocycles. The largest absolute Gasteiger partial charge is 0.382 e. The van der Waals surface area contributed by atoms with E-state index in [0.717, 1.165) is 0 Å². The van der Waals surface area contributed by atoms with Crippen LogP contribution >= 0.6 is 23.2 Å². The van der Waals surface area contributed by atoms with Crippen molar-refractivity contribution >= 4 is 34.2 Å². The summed E-state index contributed by atoms with van der Waals surface area (Å²) >= 11 is 12.1. The molecular weight excluding hydrogens is 323 g/mol.